The van der Waals surface area contributed by atoms with Crippen molar-refractivity contribution in [3.05, 3.63) is 48.5 Å². The number of aromatic nitrogens is 1. The minimum atomic E-state index is -0.222. The number of rotatable bonds is 5. The second-order valence-corrected chi connectivity index (χ2v) is 6.30. The Morgan fingerprint density at radius 3 is 2.71 bits per heavy atom. The number of fused-ring (bicyclic) bond motifs is 1. The van der Waals surface area contributed by atoms with Crippen LogP contribution >= 0.6 is 11.3 Å². The van der Waals surface area contributed by atoms with Gasteiger partial charge in [-0.2, -0.15) is 0 Å². The van der Waals surface area contributed by atoms with Crippen molar-refractivity contribution in [1.29, 1.82) is 0 Å². The lowest BCUT2D eigenvalue weighted by Gasteiger charge is -2.21. The minimum absolute atomic E-state index is 0.0548. The molecule has 0 unspecified atom stereocenters. The number of benzene rings is 2. The zero-order valence-electron chi connectivity index (χ0n) is 13.4. The number of carbonyl (C=O) groups excluding carboxylic acids is 1. The summed E-state index contributed by atoms with van der Waals surface area (Å²) in [6.45, 7) is 2.68. The number of nitrogens with zero attached hydrogens (tertiary/aromatic N) is 2. The molecule has 0 bridgehead atoms. The van der Waals surface area contributed by atoms with Crippen LogP contribution in [0.5, 0.6) is 0 Å². The summed E-state index contributed by atoms with van der Waals surface area (Å²) in [5.41, 5.74) is 2.57. The van der Waals surface area contributed by atoms with Crippen LogP contribution in [0.2, 0.25) is 0 Å². The number of anilines is 1. The average Bonchev–Trinajstić information content (AvgIpc) is 3.04. The van der Waals surface area contributed by atoms with E-state index in [4.69, 9.17) is 5.11 Å². The summed E-state index contributed by atoms with van der Waals surface area (Å²) in [5.74, 6) is 0. The van der Waals surface area contributed by atoms with Crippen LogP contribution in [0.15, 0.2) is 48.5 Å². The Morgan fingerprint density at radius 1 is 1.21 bits per heavy atom. The highest BCUT2D eigenvalue weighted by molar-refractivity contribution is 7.21. The Kier molecular flexibility index (Phi) is 5.08. The van der Waals surface area contributed by atoms with Crippen molar-refractivity contribution >= 4 is 33.3 Å². The predicted molar refractivity (Wildman–Crippen MR) is 98.4 cm³/mol. The predicted octanol–water partition coefficient (Wildman–Crippen LogP) is 3.81. The van der Waals surface area contributed by atoms with Gasteiger partial charge in [-0.05, 0) is 31.2 Å². The molecule has 2 N–H and O–H groups in total. The van der Waals surface area contributed by atoms with Gasteiger partial charge >= 0.3 is 6.03 Å². The zero-order chi connectivity index (χ0) is 16.9. The highest BCUT2D eigenvalue weighted by Gasteiger charge is 2.15. The van der Waals surface area contributed by atoms with E-state index < -0.39 is 0 Å². The van der Waals surface area contributed by atoms with Gasteiger partial charge in [-0.25, -0.2) is 9.78 Å². The van der Waals surface area contributed by atoms with Gasteiger partial charge in [-0.1, -0.05) is 24.3 Å². The van der Waals surface area contributed by atoms with E-state index in [-0.39, 0.29) is 12.6 Å². The van der Waals surface area contributed by atoms with Crippen molar-refractivity contribution in [1.82, 2.24) is 9.88 Å². The van der Waals surface area contributed by atoms with E-state index in [1.165, 1.54) is 0 Å². The molecule has 6 heteroatoms. The van der Waals surface area contributed by atoms with Gasteiger partial charge in [0.15, 0.2) is 0 Å². The summed E-state index contributed by atoms with van der Waals surface area (Å²) in [4.78, 5) is 18.6. The van der Waals surface area contributed by atoms with Gasteiger partial charge in [0, 0.05) is 18.7 Å². The molecule has 0 saturated carbocycles. The Hall–Kier alpha value is -2.44. The van der Waals surface area contributed by atoms with E-state index in [2.05, 4.69) is 10.3 Å². The van der Waals surface area contributed by atoms with Crippen molar-refractivity contribution in [2.75, 3.05) is 25.0 Å². The number of urea groups is 1. The minimum Gasteiger partial charge on any atom is -0.395 e. The third-order valence-corrected chi connectivity index (χ3v) is 4.80. The number of aliphatic hydroxyl groups is 1. The van der Waals surface area contributed by atoms with Gasteiger partial charge < -0.3 is 15.3 Å². The van der Waals surface area contributed by atoms with Crippen LogP contribution in [0.3, 0.4) is 0 Å². The SMILES string of the molecule is CCN(CCO)C(=O)Nc1ccccc1-c1nc2ccccc2s1. The van der Waals surface area contributed by atoms with Crippen molar-refractivity contribution in [2.24, 2.45) is 0 Å². The average molecular weight is 341 g/mol. The zero-order valence-corrected chi connectivity index (χ0v) is 14.2. The first-order valence-corrected chi connectivity index (χ1v) is 8.66. The fraction of sp³-hybridized carbons (Fsp3) is 0.222. The standard InChI is InChI=1S/C18H19N3O2S/c1-2-21(11-12-22)18(23)20-14-8-4-3-7-13(14)17-19-15-9-5-6-10-16(15)24-17/h3-10,22H,2,11-12H2,1H3,(H,20,23). The Balaban J connectivity index is 1.91. The lowest BCUT2D eigenvalue weighted by molar-refractivity contribution is 0.192. The van der Waals surface area contributed by atoms with E-state index >= 15 is 0 Å². The van der Waals surface area contributed by atoms with Gasteiger partial charge in [0.1, 0.15) is 5.01 Å². The Bertz CT molecular complexity index is 814. The molecule has 0 atom stereocenters. The molecule has 124 valence electrons. The van der Waals surface area contributed by atoms with Gasteiger partial charge in [0.2, 0.25) is 0 Å². The molecule has 1 heterocycles. The van der Waals surface area contributed by atoms with E-state index in [1.807, 2.05) is 55.5 Å². The normalized spacial score (nSPS) is 10.8. The molecule has 3 rings (SSSR count). The highest BCUT2D eigenvalue weighted by atomic mass is 32.1. The molecule has 24 heavy (non-hydrogen) atoms. The van der Waals surface area contributed by atoms with Crippen LogP contribution in [0.4, 0.5) is 10.5 Å². The summed E-state index contributed by atoms with van der Waals surface area (Å²) >= 11 is 1.60. The highest BCUT2D eigenvalue weighted by Crippen LogP contribution is 2.34. The largest absolute Gasteiger partial charge is 0.395 e. The van der Waals surface area contributed by atoms with Gasteiger partial charge in [-0.3, -0.25) is 0 Å². The monoisotopic (exact) mass is 341 g/mol. The molecule has 0 radical (unpaired) electrons. The molecule has 0 spiro atoms. The van der Waals surface area contributed by atoms with E-state index in [9.17, 15) is 4.79 Å². The summed E-state index contributed by atoms with van der Waals surface area (Å²) in [6.07, 6.45) is 0. The van der Waals surface area contributed by atoms with Crippen molar-refractivity contribution in [3.63, 3.8) is 0 Å². The quantitative estimate of drug-likeness (QED) is 0.742. The fourth-order valence-electron chi connectivity index (χ4n) is 2.48. The molecule has 0 aliphatic carbocycles. The second-order valence-electron chi connectivity index (χ2n) is 5.27. The number of aliphatic hydroxyl groups excluding tert-OH is 1. The lowest BCUT2D eigenvalue weighted by Crippen LogP contribution is -2.36. The summed E-state index contributed by atoms with van der Waals surface area (Å²) in [7, 11) is 0. The number of likely N-dealkylation sites (N-methyl/N-ethyl adjacent to an activating group) is 1. The summed E-state index contributed by atoms with van der Waals surface area (Å²) < 4.78 is 1.11. The van der Waals surface area contributed by atoms with Gasteiger partial charge in [-0.15, -0.1) is 11.3 Å². The van der Waals surface area contributed by atoms with Crippen LogP contribution < -0.4 is 5.32 Å². The third kappa shape index (κ3) is 3.39. The van der Waals surface area contributed by atoms with Crippen molar-refractivity contribution in [2.45, 2.75) is 6.92 Å². The number of para-hydroxylation sites is 2. The van der Waals surface area contributed by atoms with Crippen LogP contribution in [0.1, 0.15) is 6.92 Å². The molecule has 3 aromatic rings. The van der Waals surface area contributed by atoms with Crippen LogP contribution in [-0.4, -0.2) is 40.7 Å². The van der Waals surface area contributed by atoms with Gasteiger partial charge in [0.05, 0.1) is 22.5 Å². The molecule has 0 fully saturated rings. The maximum Gasteiger partial charge on any atom is 0.321 e. The topological polar surface area (TPSA) is 65.5 Å². The first-order chi connectivity index (χ1) is 11.7. The Labute approximate surface area is 144 Å². The first kappa shape index (κ1) is 16.4. The molecular weight excluding hydrogens is 322 g/mol. The first-order valence-electron chi connectivity index (χ1n) is 7.84. The van der Waals surface area contributed by atoms with Gasteiger partial charge in [0.25, 0.3) is 0 Å². The second kappa shape index (κ2) is 7.42. The maximum atomic E-state index is 12.4. The fourth-order valence-corrected chi connectivity index (χ4v) is 3.49. The Morgan fingerprint density at radius 2 is 1.96 bits per heavy atom. The number of amides is 2. The van der Waals surface area contributed by atoms with Crippen LogP contribution in [-0.2, 0) is 0 Å². The van der Waals surface area contributed by atoms with Crippen LogP contribution in [0.25, 0.3) is 20.8 Å². The molecule has 1 aromatic heterocycles. The number of thiazole rings is 1. The summed E-state index contributed by atoms with van der Waals surface area (Å²) in [5, 5.41) is 12.9. The molecule has 0 aliphatic heterocycles. The molecule has 0 aliphatic rings. The lowest BCUT2D eigenvalue weighted by atomic mass is 10.2. The van der Waals surface area contributed by atoms with E-state index in [0.717, 1.165) is 26.5 Å². The molecular formula is C18H19N3O2S. The number of nitrogens with one attached hydrogen (secondary N) is 1. The smallest absolute Gasteiger partial charge is 0.321 e. The van der Waals surface area contributed by atoms with E-state index in [1.54, 1.807) is 16.2 Å². The molecule has 2 amide bonds. The molecule has 2 aromatic carbocycles. The van der Waals surface area contributed by atoms with Crippen LogP contribution in [0, 0.1) is 0 Å². The third-order valence-electron chi connectivity index (χ3n) is 3.73. The maximum absolute atomic E-state index is 12.4. The number of hydrogen-bond donors (Lipinski definition) is 2. The summed E-state index contributed by atoms with van der Waals surface area (Å²) in [6, 6.07) is 15.4. The number of carbonyl (C=O) groups is 1. The van der Waals surface area contributed by atoms with Crippen molar-refractivity contribution in [3.8, 4) is 10.6 Å². The van der Waals surface area contributed by atoms with E-state index in [0.29, 0.717) is 13.1 Å². The molecule has 5 nitrogen and oxygen atoms in total. The van der Waals surface area contributed by atoms with Crippen molar-refractivity contribution < 1.29 is 9.90 Å². The molecule has 0 saturated heterocycles. The number of hydrogen-bond acceptors (Lipinski definition) is 4.